The van der Waals surface area contributed by atoms with E-state index in [4.69, 9.17) is 11.6 Å². The number of hydrogen-bond acceptors (Lipinski definition) is 6. The summed E-state index contributed by atoms with van der Waals surface area (Å²) in [6.07, 6.45) is -0.338. The molecule has 2 aliphatic heterocycles. The molecule has 14 heteroatoms. The van der Waals surface area contributed by atoms with Gasteiger partial charge in [0.25, 0.3) is 23.5 Å². The van der Waals surface area contributed by atoms with Crippen LogP contribution in [-0.4, -0.2) is 65.6 Å². The molecule has 5 rings (SSSR count). The van der Waals surface area contributed by atoms with Gasteiger partial charge in [0.2, 0.25) is 0 Å². The predicted octanol–water partition coefficient (Wildman–Crippen LogP) is 3.03. The quantitative estimate of drug-likeness (QED) is 0.316. The number of sulfone groups is 1. The summed E-state index contributed by atoms with van der Waals surface area (Å²) in [6.45, 7) is 3.49. The minimum atomic E-state index is -3.19. The number of rotatable bonds is 8. The fraction of sp³-hybridized carbons (Fsp3) is 0.500. The van der Waals surface area contributed by atoms with Gasteiger partial charge in [0.05, 0.1) is 27.6 Å². The molecule has 0 atom stereocenters. The van der Waals surface area contributed by atoms with Crippen LogP contribution in [0.4, 0.5) is 18.9 Å². The Bertz CT molecular complexity index is 1540. The third kappa shape index (κ3) is 5.26. The molecule has 9 nitrogen and oxygen atoms in total. The molecule has 216 valence electrons. The van der Waals surface area contributed by atoms with Gasteiger partial charge < -0.3 is 20.5 Å². The van der Waals surface area contributed by atoms with E-state index in [2.05, 4.69) is 16.0 Å². The highest BCUT2D eigenvalue weighted by Gasteiger charge is 2.58. The number of nitrogens with zero attached hydrogens (tertiary/aromatic N) is 1. The van der Waals surface area contributed by atoms with Crippen LogP contribution in [0.5, 0.6) is 0 Å². The van der Waals surface area contributed by atoms with E-state index in [0.29, 0.717) is 25.1 Å². The Balaban J connectivity index is 1.36. The van der Waals surface area contributed by atoms with E-state index in [0.717, 1.165) is 6.07 Å². The molecule has 2 fully saturated rings. The highest BCUT2D eigenvalue weighted by molar-refractivity contribution is 7.93. The van der Waals surface area contributed by atoms with Gasteiger partial charge >= 0.3 is 0 Å². The molecule has 3 aliphatic rings. The van der Waals surface area contributed by atoms with Gasteiger partial charge in [-0.15, -0.1) is 0 Å². The van der Waals surface area contributed by atoms with Crippen LogP contribution in [-0.2, 0) is 27.6 Å². The first-order chi connectivity index (χ1) is 18.5. The van der Waals surface area contributed by atoms with Crippen molar-refractivity contribution in [2.45, 2.75) is 63.1 Å². The maximum Gasteiger partial charge on any atom is 0.292 e. The number of carbonyl (C=O) groups excluding carboxylic acids is 3. The summed E-state index contributed by atoms with van der Waals surface area (Å²) in [5, 5.41) is 7.94. The van der Waals surface area contributed by atoms with Crippen LogP contribution in [0.2, 0.25) is 5.02 Å². The number of hydrogen-bond donors (Lipinski definition) is 3. The molecule has 2 amide bonds. The van der Waals surface area contributed by atoms with Gasteiger partial charge in [0.15, 0.2) is 9.84 Å². The molecule has 3 N–H and O–H groups in total. The lowest BCUT2D eigenvalue weighted by Crippen LogP contribution is -2.71. The number of alkyl halides is 2. The average Bonchev–Trinajstić information content (AvgIpc) is 3.36. The molecule has 0 unspecified atom stereocenters. The Morgan fingerprint density at radius 3 is 2.42 bits per heavy atom. The molecule has 1 aromatic heterocycles. The molecule has 0 radical (unpaired) electrons. The number of aromatic nitrogens is 1. The van der Waals surface area contributed by atoms with Gasteiger partial charge in [0, 0.05) is 42.9 Å². The summed E-state index contributed by atoms with van der Waals surface area (Å²) >= 11 is 5.81. The van der Waals surface area contributed by atoms with Crippen LogP contribution in [0.1, 0.15) is 58.3 Å². The number of carbonyl (C=O) groups is 3. The van der Waals surface area contributed by atoms with E-state index >= 15 is 0 Å². The van der Waals surface area contributed by atoms with Gasteiger partial charge in [-0.3, -0.25) is 14.4 Å². The van der Waals surface area contributed by atoms with Gasteiger partial charge in [-0.2, -0.15) is 0 Å². The lowest BCUT2D eigenvalue weighted by Gasteiger charge is -2.50. The molecule has 3 heterocycles. The van der Waals surface area contributed by atoms with E-state index < -0.39 is 63.1 Å². The van der Waals surface area contributed by atoms with Crippen LogP contribution >= 0.6 is 11.6 Å². The van der Waals surface area contributed by atoms with Gasteiger partial charge in [-0.1, -0.05) is 11.6 Å². The van der Waals surface area contributed by atoms with E-state index in [1.165, 1.54) is 19.1 Å². The second-order valence-electron chi connectivity index (χ2n) is 11.4. The number of amides is 2. The summed E-state index contributed by atoms with van der Waals surface area (Å²) in [6, 6.07) is 3.69. The summed E-state index contributed by atoms with van der Waals surface area (Å²) in [5.41, 5.74) is -1.03. The Kier molecular flexibility index (Phi) is 6.86. The Labute approximate surface area is 233 Å². The van der Waals surface area contributed by atoms with Crippen molar-refractivity contribution < 1.29 is 36.0 Å². The Morgan fingerprint density at radius 2 is 1.82 bits per heavy atom. The zero-order valence-electron chi connectivity index (χ0n) is 21.8. The van der Waals surface area contributed by atoms with Crippen molar-refractivity contribution in [2.24, 2.45) is 0 Å². The van der Waals surface area contributed by atoms with Crippen molar-refractivity contribution in [1.29, 1.82) is 0 Å². The minimum absolute atomic E-state index is 0.0449. The molecule has 0 spiro atoms. The Morgan fingerprint density at radius 1 is 1.15 bits per heavy atom. The SMILES string of the molecule is Cc1c(C(=O)C(=O)NC2(CNC3(C)CS(=O)(=O)C3)CC(F)(F)C2)c2n(c1C(=O)Nc1ccc(F)c(Cl)c1)CCC2. The summed E-state index contributed by atoms with van der Waals surface area (Å²) in [5.74, 6) is -6.59. The predicted molar refractivity (Wildman–Crippen MR) is 141 cm³/mol. The minimum Gasteiger partial charge on any atom is -0.342 e. The molecular formula is C26H28ClF3N4O5S. The summed E-state index contributed by atoms with van der Waals surface area (Å²) in [4.78, 5) is 39.8. The van der Waals surface area contributed by atoms with Crippen molar-refractivity contribution in [3.05, 3.63) is 51.6 Å². The van der Waals surface area contributed by atoms with Crippen LogP contribution in [0.3, 0.4) is 0 Å². The monoisotopic (exact) mass is 600 g/mol. The number of anilines is 1. The van der Waals surface area contributed by atoms with Crippen molar-refractivity contribution >= 4 is 44.7 Å². The Hall–Kier alpha value is -2.90. The zero-order chi connectivity index (χ0) is 29.3. The van der Waals surface area contributed by atoms with E-state index in [9.17, 15) is 36.0 Å². The fourth-order valence-electron chi connectivity index (χ4n) is 6.10. The van der Waals surface area contributed by atoms with Crippen molar-refractivity contribution in [3.8, 4) is 0 Å². The first kappa shape index (κ1) is 28.6. The highest BCUT2D eigenvalue weighted by atomic mass is 35.5. The van der Waals surface area contributed by atoms with Gasteiger partial charge in [-0.25, -0.2) is 21.6 Å². The van der Waals surface area contributed by atoms with Crippen molar-refractivity contribution in [3.63, 3.8) is 0 Å². The standard InChI is InChI=1S/C26H28ClF3N4O5S/c1-14-19(18-4-3-7-34(18)20(14)22(36)32-15-5-6-17(28)16(27)8-15)21(35)23(37)33-25(9-26(29,30)10-25)11-31-24(2)12-40(38,39)13-24/h5-6,8,31H,3-4,7,9-13H2,1-2H3,(H,32,36)(H,33,37). The second-order valence-corrected chi connectivity index (χ2v) is 13.8. The smallest absolute Gasteiger partial charge is 0.292 e. The largest absolute Gasteiger partial charge is 0.342 e. The van der Waals surface area contributed by atoms with Crippen molar-refractivity contribution in [1.82, 2.24) is 15.2 Å². The third-order valence-corrected chi connectivity index (χ3v) is 10.2. The number of benzene rings is 1. The van der Waals surface area contributed by atoms with E-state index in [1.807, 2.05) is 0 Å². The molecule has 2 aromatic rings. The van der Waals surface area contributed by atoms with Crippen LogP contribution in [0.15, 0.2) is 18.2 Å². The van der Waals surface area contributed by atoms with Crippen LogP contribution in [0, 0.1) is 12.7 Å². The van der Waals surface area contributed by atoms with E-state index in [1.54, 1.807) is 11.5 Å². The number of halogens is 4. The summed E-state index contributed by atoms with van der Waals surface area (Å²) in [7, 11) is -3.19. The van der Waals surface area contributed by atoms with Gasteiger partial charge in [-0.05, 0) is 50.5 Å². The molecule has 0 bridgehead atoms. The molecule has 1 aliphatic carbocycles. The van der Waals surface area contributed by atoms with E-state index in [-0.39, 0.29) is 45.6 Å². The number of Topliss-reactive ketones (excluding diaryl/α,β-unsaturated/α-hetero) is 1. The van der Waals surface area contributed by atoms with Crippen LogP contribution in [0.25, 0.3) is 0 Å². The lowest BCUT2D eigenvalue weighted by atomic mass is 9.72. The van der Waals surface area contributed by atoms with Gasteiger partial charge in [0.1, 0.15) is 11.5 Å². The normalized spacial score (nSPS) is 21.1. The third-order valence-electron chi connectivity index (χ3n) is 7.74. The topological polar surface area (TPSA) is 126 Å². The molecule has 1 saturated carbocycles. The van der Waals surface area contributed by atoms with Crippen molar-refractivity contribution in [2.75, 3.05) is 23.4 Å². The maximum absolute atomic E-state index is 14.0. The number of nitrogens with one attached hydrogen (secondary N) is 3. The average molecular weight is 601 g/mol. The zero-order valence-corrected chi connectivity index (χ0v) is 23.4. The van der Waals surface area contributed by atoms with Crippen LogP contribution < -0.4 is 16.0 Å². The molecule has 1 aromatic carbocycles. The number of fused-ring (bicyclic) bond motifs is 1. The highest BCUT2D eigenvalue weighted by Crippen LogP contribution is 2.46. The fourth-order valence-corrected chi connectivity index (χ4v) is 8.34. The second kappa shape index (κ2) is 9.59. The first-order valence-electron chi connectivity index (χ1n) is 12.7. The number of ketones is 1. The molecular weight excluding hydrogens is 573 g/mol. The maximum atomic E-state index is 14.0. The lowest BCUT2D eigenvalue weighted by molar-refractivity contribution is -0.145. The summed E-state index contributed by atoms with van der Waals surface area (Å²) < 4.78 is 66.4. The first-order valence-corrected chi connectivity index (χ1v) is 14.9. The molecule has 1 saturated heterocycles. The molecule has 40 heavy (non-hydrogen) atoms.